The number of hydrogen-bond acceptors (Lipinski definition) is 6. The van der Waals surface area contributed by atoms with Crippen molar-refractivity contribution in [2.75, 3.05) is 19.4 Å². The summed E-state index contributed by atoms with van der Waals surface area (Å²) in [6.07, 6.45) is -0.0852. The van der Waals surface area contributed by atoms with Gasteiger partial charge in [0, 0.05) is 5.57 Å². The Hall–Kier alpha value is -1.30. The van der Waals surface area contributed by atoms with Crippen molar-refractivity contribution in [2.45, 2.75) is 13.0 Å². The third-order valence-corrected chi connectivity index (χ3v) is 2.69. The van der Waals surface area contributed by atoms with E-state index in [1.807, 2.05) is 0 Å². The third kappa shape index (κ3) is 6.78. The fraction of sp³-hybridized carbons (Fsp3) is 0.556. The molecular weight excluding hydrogens is 249 g/mol. The highest BCUT2D eigenvalue weighted by molar-refractivity contribution is 7.39. The van der Waals surface area contributed by atoms with E-state index >= 15 is 0 Å². The highest BCUT2D eigenvalue weighted by atomic mass is 31.1. The molecule has 0 aliphatic rings. The van der Waals surface area contributed by atoms with Crippen LogP contribution in [0, 0.1) is 0 Å². The van der Waals surface area contributed by atoms with Crippen LogP contribution in [-0.2, 0) is 14.3 Å². The molecule has 0 spiro atoms. The van der Waals surface area contributed by atoms with Gasteiger partial charge in [-0.3, -0.25) is 0 Å². The van der Waals surface area contributed by atoms with Gasteiger partial charge in [-0.1, -0.05) is 11.3 Å². The Morgan fingerprint density at radius 3 is 2.59 bits per heavy atom. The van der Waals surface area contributed by atoms with Gasteiger partial charge in [0.2, 0.25) is 6.04 Å². The second-order valence-electron chi connectivity index (χ2n) is 3.14. The zero-order valence-electron chi connectivity index (χ0n) is 9.33. The van der Waals surface area contributed by atoms with E-state index < -0.39 is 32.5 Å². The lowest BCUT2D eigenvalue weighted by Gasteiger charge is -2.03. The molecule has 2 N–H and O–H groups in total. The van der Waals surface area contributed by atoms with Crippen LogP contribution in [0.2, 0.25) is 0 Å². The summed E-state index contributed by atoms with van der Waals surface area (Å²) in [7, 11) is -2.18. The van der Waals surface area contributed by atoms with E-state index in [4.69, 9.17) is 10.2 Å². The molecule has 96 valence electrons. The summed E-state index contributed by atoms with van der Waals surface area (Å²) >= 11 is 0. The number of carboxylic acids is 1. The Labute approximate surface area is 99.3 Å². The molecule has 8 heteroatoms. The van der Waals surface area contributed by atoms with Crippen molar-refractivity contribution in [3.63, 3.8) is 0 Å². The third-order valence-electron chi connectivity index (χ3n) is 1.59. The van der Waals surface area contributed by atoms with Crippen LogP contribution in [0.4, 0.5) is 0 Å². The second-order valence-corrected chi connectivity index (χ2v) is 4.53. The number of aliphatic carboxylic acids is 1. The van der Waals surface area contributed by atoms with Gasteiger partial charge in [0.25, 0.3) is 0 Å². The number of esters is 1. The molecule has 0 rings (SSSR count). The van der Waals surface area contributed by atoms with E-state index in [1.54, 1.807) is 0 Å². The van der Waals surface area contributed by atoms with E-state index in [2.05, 4.69) is 16.1 Å². The fourth-order valence-corrected chi connectivity index (χ4v) is 1.56. The van der Waals surface area contributed by atoms with Crippen molar-refractivity contribution in [2.24, 2.45) is 4.74 Å². The van der Waals surface area contributed by atoms with E-state index in [1.165, 1.54) is 6.92 Å². The quantitative estimate of drug-likeness (QED) is 0.363. The first-order valence-electron chi connectivity index (χ1n) is 4.70. The molecule has 0 bridgehead atoms. The van der Waals surface area contributed by atoms with Crippen molar-refractivity contribution in [3.05, 3.63) is 12.2 Å². The molecule has 0 aromatic rings. The first kappa shape index (κ1) is 15.7. The molecule has 0 aromatic heterocycles. The molecule has 17 heavy (non-hydrogen) atoms. The maximum Gasteiger partial charge on any atom is 0.335 e. The molecule has 0 aliphatic carbocycles. The van der Waals surface area contributed by atoms with E-state index in [9.17, 15) is 14.5 Å². The van der Waals surface area contributed by atoms with Gasteiger partial charge >= 0.3 is 11.9 Å². The van der Waals surface area contributed by atoms with Crippen LogP contribution in [0.5, 0.6) is 0 Å². The second kappa shape index (κ2) is 7.89. The summed E-state index contributed by atoms with van der Waals surface area (Å²) in [5.41, 5.74) is 0.218. The molecule has 0 heterocycles. The molecule has 2 atom stereocenters. The number of hydrogen-bond donors (Lipinski definition) is 2. The van der Waals surface area contributed by atoms with Crippen molar-refractivity contribution < 1.29 is 29.4 Å². The van der Waals surface area contributed by atoms with Gasteiger partial charge in [0.05, 0.1) is 6.61 Å². The molecule has 0 radical (unpaired) electrons. The average Bonchev–Trinajstić information content (AvgIpc) is 2.25. The highest BCUT2D eigenvalue weighted by Gasteiger charge is 2.18. The summed E-state index contributed by atoms with van der Waals surface area (Å²) in [5, 5.41) is 17.2. The number of carboxylic acid groups (broad SMARTS) is 1. The van der Waals surface area contributed by atoms with E-state index in [0.717, 1.165) is 0 Å². The van der Waals surface area contributed by atoms with Crippen molar-refractivity contribution in [1.29, 1.82) is 0 Å². The van der Waals surface area contributed by atoms with E-state index in [-0.39, 0.29) is 18.3 Å². The van der Waals surface area contributed by atoms with Gasteiger partial charge in [-0.25, -0.2) is 9.59 Å². The Bertz CT molecular complexity index is 340. The lowest BCUT2D eigenvalue weighted by molar-refractivity contribution is -0.158. The zero-order chi connectivity index (χ0) is 13.4. The van der Waals surface area contributed by atoms with Gasteiger partial charge < -0.3 is 19.8 Å². The highest BCUT2D eigenvalue weighted by Crippen LogP contribution is 2.16. The molecular formula is C9H14NO6P. The van der Waals surface area contributed by atoms with Crippen LogP contribution in [0.25, 0.3) is 0 Å². The summed E-state index contributed by atoms with van der Waals surface area (Å²) in [4.78, 5) is 32.6. The SMILES string of the molecule is C=C(C)C(=O)OCC[P+]([O-])=N[C@@H](CO)C(=O)O. The minimum Gasteiger partial charge on any atom is -0.612 e. The molecule has 0 saturated carbocycles. The van der Waals surface area contributed by atoms with Crippen LogP contribution in [0.1, 0.15) is 6.92 Å². The Balaban J connectivity index is 4.13. The molecule has 1 unspecified atom stereocenters. The number of rotatable bonds is 7. The molecule has 0 saturated heterocycles. The maximum absolute atomic E-state index is 11.3. The Morgan fingerprint density at radius 1 is 1.59 bits per heavy atom. The largest absolute Gasteiger partial charge is 0.612 e. The zero-order valence-corrected chi connectivity index (χ0v) is 10.2. The standard InChI is InChI=1S/C9H14NO6P/c1-6(2)9(14)16-3-4-17(15)10-7(5-11)8(12)13/h7,11H,1,3-5H2,2H3,(H,12,13)/t7-/m0/s1. The van der Waals surface area contributed by atoms with Crippen LogP contribution in [-0.4, -0.2) is 47.6 Å². The Kier molecular flexibility index (Phi) is 7.29. The van der Waals surface area contributed by atoms with Crippen LogP contribution < -0.4 is 4.89 Å². The first-order chi connectivity index (χ1) is 7.88. The normalized spacial score (nSPS) is 13.0. The molecule has 7 nitrogen and oxygen atoms in total. The van der Waals surface area contributed by atoms with Crippen LogP contribution >= 0.6 is 7.94 Å². The summed E-state index contributed by atoms with van der Waals surface area (Å²) < 4.78 is 8.04. The Morgan fingerprint density at radius 2 is 2.18 bits per heavy atom. The molecule has 0 fully saturated rings. The van der Waals surface area contributed by atoms with E-state index in [0.29, 0.717) is 0 Å². The summed E-state index contributed by atoms with van der Waals surface area (Å²) in [6.45, 7) is 3.97. The number of carbonyl (C=O) groups excluding carboxylic acids is 1. The number of ether oxygens (including phenoxy) is 1. The van der Waals surface area contributed by atoms with Gasteiger partial charge in [-0.2, -0.15) is 0 Å². The predicted molar refractivity (Wildman–Crippen MR) is 58.5 cm³/mol. The number of carbonyl (C=O) groups is 2. The lowest BCUT2D eigenvalue weighted by Crippen LogP contribution is -2.22. The number of nitrogens with zero attached hydrogens (tertiary/aromatic N) is 1. The van der Waals surface area contributed by atoms with Crippen molar-refractivity contribution in [1.82, 2.24) is 0 Å². The van der Waals surface area contributed by atoms with Crippen molar-refractivity contribution in [3.8, 4) is 0 Å². The first-order valence-corrected chi connectivity index (χ1v) is 6.10. The molecule has 0 aromatic carbocycles. The monoisotopic (exact) mass is 263 g/mol. The fourth-order valence-electron chi connectivity index (χ4n) is 0.717. The van der Waals surface area contributed by atoms with Crippen LogP contribution in [0.15, 0.2) is 16.9 Å². The van der Waals surface area contributed by atoms with Crippen molar-refractivity contribution >= 4 is 19.9 Å². The molecule has 0 amide bonds. The van der Waals surface area contributed by atoms with Gasteiger partial charge in [-0.15, -0.1) is 0 Å². The molecule has 0 aliphatic heterocycles. The predicted octanol–water partition coefficient (Wildman–Crippen LogP) is -0.508. The smallest absolute Gasteiger partial charge is 0.335 e. The number of aliphatic hydroxyl groups is 1. The maximum atomic E-state index is 11.3. The average molecular weight is 263 g/mol. The summed E-state index contributed by atoms with van der Waals surface area (Å²) in [5.74, 6) is -1.96. The lowest BCUT2D eigenvalue weighted by atomic mass is 10.3. The topological polar surface area (TPSA) is 119 Å². The van der Waals surface area contributed by atoms with Crippen LogP contribution in [0.3, 0.4) is 0 Å². The summed E-state index contributed by atoms with van der Waals surface area (Å²) in [6, 6.07) is -1.41. The van der Waals surface area contributed by atoms with Gasteiger partial charge in [0.1, 0.15) is 6.61 Å². The number of aliphatic hydroxyl groups excluding tert-OH is 1. The minimum absolute atomic E-state index is 0.0852. The van der Waals surface area contributed by atoms with Gasteiger partial charge in [0.15, 0.2) is 14.1 Å². The van der Waals surface area contributed by atoms with Gasteiger partial charge in [-0.05, 0) is 6.92 Å². The minimum atomic E-state index is -2.18.